The molecule has 1 saturated carbocycles. The fourth-order valence-electron chi connectivity index (χ4n) is 4.88. The number of rotatable bonds is 5. The molecule has 3 nitrogen and oxygen atoms in total. The highest BCUT2D eigenvalue weighted by molar-refractivity contribution is 5.73. The van der Waals surface area contributed by atoms with Crippen LogP contribution in [0, 0.1) is 17.8 Å². The predicted octanol–water partition coefficient (Wildman–Crippen LogP) is 3.53. The van der Waals surface area contributed by atoms with Gasteiger partial charge in [-0.15, -0.1) is 0 Å². The van der Waals surface area contributed by atoms with Crippen LogP contribution in [0.15, 0.2) is 30.3 Å². The van der Waals surface area contributed by atoms with Gasteiger partial charge in [0.1, 0.15) is 0 Å². The maximum absolute atomic E-state index is 12.3. The monoisotopic (exact) mass is 315 g/mol. The van der Waals surface area contributed by atoms with Gasteiger partial charge in [0.15, 0.2) is 0 Å². The molecule has 1 aromatic rings. The van der Waals surface area contributed by atoms with Crippen LogP contribution < -0.4 is 0 Å². The lowest BCUT2D eigenvalue weighted by Crippen LogP contribution is -2.62. The summed E-state index contributed by atoms with van der Waals surface area (Å²) in [6.07, 6.45) is 4.46. The molecule has 23 heavy (non-hydrogen) atoms. The van der Waals surface area contributed by atoms with E-state index in [4.69, 9.17) is 4.74 Å². The third kappa shape index (κ3) is 3.16. The van der Waals surface area contributed by atoms with E-state index in [-0.39, 0.29) is 11.9 Å². The van der Waals surface area contributed by atoms with E-state index < -0.39 is 0 Å². The van der Waals surface area contributed by atoms with Crippen LogP contribution in [0.2, 0.25) is 0 Å². The van der Waals surface area contributed by atoms with Gasteiger partial charge in [-0.1, -0.05) is 43.7 Å². The van der Waals surface area contributed by atoms with Gasteiger partial charge in [0.05, 0.1) is 12.5 Å². The van der Waals surface area contributed by atoms with Gasteiger partial charge in [-0.2, -0.15) is 0 Å². The van der Waals surface area contributed by atoms with Crippen molar-refractivity contribution >= 4 is 5.97 Å². The highest BCUT2D eigenvalue weighted by Gasteiger charge is 2.51. The largest absolute Gasteiger partial charge is 0.466 e. The van der Waals surface area contributed by atoms with Crippen LogP contribution in [0.4, 0.5) is 0 Å². The molecule has 2 saturated heterocycles. The topological polar surface area (TPSA) is 29.5 Å². The van der Waals surface area contributed by atoms with Crippen LogP contribution in [-0.4, -0.2) is 36.6 Å². The van der Waals surface area contributed by atoms with Gasteiger partial charge < -0.3 is 4.74 Å². The Hall–Kier alpha value is -1.35. The fraction of sp³-hybridized carbons (Fsp3) is 0.650. The van der Waals surface area contributed by atoms with Crippen LogP contribution in [0.25, 0.3) is 0 Å². The first-order valence-corrected chi connectivity index (χ1v) is 9.08. The Bertz CT molecular complexity index is 530. The average Bonchev–Trinajstić information content (AvgIpc) is 2.58. The Kier molecular flexibility index (Phi) is 5.05. The molecule has 2 heterocycles. The summed E-state index contributed by atoms with van der Waals surface area (Å²) in [6, 6.07) is 11.7. The molecule has 0 radical (unpaired) electrons. The van der Waals surface area contributed by atoms with Crippen LogP contribution in [0.3, 0.4) is 0 Å². The molecule has 3 heteroatoms. The zero-order valence-electron chi connectivity index (χ0n) is 14.6. The number of carbonyl (C=O) groups is 1. The van der Waals surface area contributed by atoms with Crippen LogP contribution in [0.5, 0.6) is 0 Å². The Morgan fingerprint density at radius 1 is 1.22 bits per heavy atom. The number of hydrogen-bond acceptors (Lipinski definition) is 3. The molecule has 0 aromatic heterocycles. The van der Waals surface area contributed by atoms with E-state index in [0.717, 1.165) is 25.2 Å². The van der Waals surface area contributed by atoms with Crippen LogP contribution in [-0.2, 0) is 16.0 Å². The van der Waals surface area contributed by atoms with E-state index in [9.17, 15) is 4.79 Å². The van der Waals surface area contributed by atoms with Crippen molar-refractivity contribution in [1.29, 1.82) is 0 Å². The van der Waals surface area contributed by atoms with Gasteiger partial charge in [-0.25, -0.2) is 0 Å². The van der Waals surface area contributed by atoms with Crippen molar-refractivity contribution in [1.82, 2.24) is 4.90 Å². The maximum Gasteiger partial charge on any atom is 0.310 e. The third-order valence-electron chi connectivity index (χ3n) is 6.08. The van der Waals surface area contributed by atoms with Gasteiger partial charge in [-0.05, 0) is 50.6 Å². The Balaban J connectivity index is 1.79. The second kappa shape index (κ2) is 7.04. The highest BCUT2D eigenvalue weighted by Crippen LogP contribution is 2.48. The summed E-state index contributed by atoms with van der Waals surface area (Å²) < 4.78 is 5.34. The van der Waals surface area contributed by atoms with Gasteiger partial charge >= 0.3 is 5.97 Å². The number of esters is 1. The first-order valence-electron chi connectivity index (χ1n) is 9.08. The number of hydrogen-bond donors (Lipinski definition) is 0. The zero-order valence-corrected chi connectivity index (χ0v) is 14.6. The van der Waals surface area contributed by atoms with Gasteiger partial charge in [-0.3, -0.25) is 9.69 Å². The summed E-state index contributed by atoms with van der Waals surface area (Å²) in [7, 11) is 2.21. The molecule has 126 valence electrons. The quantitative estimate of drug-likeness (QED) is 0.779. The normalized spacial score (nSPS) is 33.6. The molecule has 1 aromatic carbocycles. The zero-order chi connectivity index (χ0) is 16.4. The van der Waals surface area contributed by atoms with Crippen molar-refractivity contribution in [3.05, 3.63) is 35.9 Å². The summed E-state index contributed by atoms with van der Waals surface area (Å²) >= 11 is 0. The van der Waals surface area contributed by atoms with Crippen molar-refractivity contribution in [2.24, 2.45) is 17.8 Å². The lowest BCUT2D eigenvalue weighted by atomic mass is 9.62. The summed E-state index contributed by atoms with van der Waals surface area (Å²) in [5.74, 6) is 1.43. The summed E-state index contributed by atoms with van der Waals surface area (Å²) in [5.41, 5.74) is 1.40. The average molecular weight is 315 g/mol. The molecular formula is C20H29NO2. The maximum atomic E-state index is 12.3. The molecule has 0 amide bonds. The number of carbonyl (C=O) groups excluding carboxylic acids is 1. The summed E-state index contributed by atoms with van der Waals surface area (Å²) in [5, 5.41) is 0. The minimum atomic E-state index is 0.0158. The summed E-state index contributed by atoms with van der Waals surface area (Å²) in [6.45, 7) is 4.68. The molecule has 2 bridgehead atoms. The third-order valence-corrected chi connectivity index (χ3v) is 6.08. The lowest BCUT2D eigenvalue weighted by molar-refractivity contribution is -0.161. The van der Waals surface area contributed by atoms with Crippen molar-refractivity contribution in [2.75, 3.05) is 13.7 Å². The predicted molar refractivity (Wildman–Crippen MR) is 92.1 cm³/mol. The second-order valence-electron chi connectivity index (χ2n) is 7.15. The fourth-order valence-corrected chi connectivity index (χ4v) is 4.88. The number of benzene rings is 1. The molecule has 5 atom stereocenters. The Morgan fingerprint density at radius 3 is 2.61 bits per heavy atom. The molecule has 3 aliphatic rings. The first-order chi connectivity index (χ1) is 11.2. The van der Waals surface area contributed by atoms with E-state index in [1.54, 1.807) is 0 Å². The van der Waals surface area contributed by atoms with Gasteiger partial charge in [0.2, 0.25) is 0 Å². The van der Waals surface area contributed by atoms with Crippen LogP contribution >= 0.6 is 0 Å². The van der Waals surface area contributed by atoms with Gasteiger partial charge in [0, 0.05) is 12.1 Å². The van der Waals surface area contributed by atoms with E-state index >= 15 is 0 Å². The molecule has 5 unspecified atom stereocenters. The minimum Gasteiger partial charge on any atom is -0.466 e. The molecule has 0 spiro atoms. The van der Waals surface area contributed by atoms with Crippen molar-refractivity contribution < 1.29 is 9.53 Å². The first kappa shape index (κ1) is 16.5. The standard InChI is InChI=1S/C20H29NO2/c1-4-15-12-19-17(20(22)23-5-2)13-16(15)18(21(19)3)11-14-9-7-6-8-10-14/h6-10,15-19H,4-5,11-13H2,1-3H3. The number of piperidine rings is 2. The van der Waals surface area contributed by atoms with Crippen LogP contribution in [0.1, 0.15) is 38.7 Å². The number of ether oxygens (including phenoxy) is 1. The van der Waals surface area contributed by atoms with E-state index in [1.807, 2.05) is 6.92 Å². The molecular weight excluding hydrogens is 286 g/mol. The van der Waals surface area contributed by atoms with E-state index in [1.165, 1.54) is 12.0 Å². The lowest BCUT2D eigenvalue weighted by Gasteiger charge is -2.56. The van der Waals surface area contributed by atoms with Crippen molar-refractivity contribution in [3.8, 4) is 0 Å². The number of nitrogens with zero attached hydrogens (tertiary/aromatic N) is 1. The summed E-state index contributed by atoms with van der Waals surface area (Å²) in [4.78, 5) is 14.8. The van der Waals surface area contributed by atoms with Crippen molar-refractivity contribution in [3.63, 3.8) is 0 Å². The SMILES string of the molecule is CCOC(=O)C1CC2C(CC)CC1N(C)C2Cc1ccccc1. The van der Waals surface area contributed by atoms with Crippen molar-refractivity contribution in [2.45, 2.75) is 51.6 Å². The van der Waals surface area contributed by atoms with E-state index in [0.29, 0.717) is 24.6 Å². The Labute approximate surface area is 140 Å². The number of fused-ring (bicyclic) bond motifs is 3. The Morgan fingerprint density at radius 2 is 1.96 bits per heavy atom. The van der Waals surface area contributed by atoms with E-state index in [2.05, 4.69) is 49.2 Å². The molecule has 4 rings (SSSR count). The second-order valence-corrected chi connectivity index (χ2v) is 7.15. The highest BCUT2D eigenvalue weighted by atomic mass is 16.5. The van der Waals surface area contributed by atoms with Gasteiger partial charge in [0.25, 0.3) is 0 Å². The number of likely N-dealkylation sites (N-methyl/N-ethyl adjacent to an activating group) is 1. The molecule has 3 fully saturated rings. The molecule has 1 aliphatic carbocycles. The minimum absolute atomic E-state index is 0.0158. The molecule has 0 N–H and O–H groups in total. The smallest absolute Gasteiger partial charge is 0.310 e. The molecule has 2 aliphatic heterocycles.